The molecule has 0 saturated carbocycles. The highest BCUT2D eigenvalue weighted by molar-refractivity contribution is 7.99. The van der Waals surface area contributed by atoms with E-state index in [0.29, 0.717) is 22.6 Å². The van der Waals surface area contributed by atoms with Crippen molar-refractivity contribution < 1.29 is 4.79 Å². The van der Waals surface area contributed by atoms with Gasteiger partial charge in [0.2, 0.25) is 5.91 Å². The van der Waals surface area contributed by atoms with Crippen molar-refractivity contribution in [2.45, 2.75) is 50.4 Å². The minimum Gasteiger partial charge on any atom is -0.338 e. The van der Waals surface area contributed by atoms with Crippen LogP contribution in [0.3, 0.4) is 0 Å². The molecule has 1 aromatic heterocycles. The van der Waals surface area contributed by atoms with E-state index in [-0.39, 0.29) is 23.3 Å². The van der Waals surface area contributed by atoms with Gasteiger partial charge >= 0.3 is 0 Å². The van der Waals surface area contributed by atoms with Gasteiger partial charge in [-0.3, -0.25) is 14.2 Å². The molecule has 0 bridgehead atoms. The first-order valence-electron chi connectivity index (χ1n) is 10.6. The van der Waals surface area contributed by atoms with Crippen LogP contribution >= 0.6 is 11.8 Å². The maximum absolute atomic E-state index is 13.0. The number of hydrogen-bond donors (Lipinski definition) is 0. The average molecular weight is 422 g/mol. The van der Waals surface area contributed by atoms with Crippen LogP contribution in [0.2, 0.25) is 0 Å². The van der Waals surface area contributed by atoms with Gasteiger partial charge in [0.05, 0.1) is 22.7 Å². The summed E-state index contributed by atoms with van der Waals surface area (Å²) in [6.45, 7) is 2.63. The maximum atomic E-state index is 13.0. The SMILES string of the molecule is CCCn1c(SCC(=O)N(C)C2CCCc3ccccc32)nc2ccccc2c1=O. The van der Waals surface area contributed by atoms with Crippen molar-refractivity contribution in [1.82, 2.24) is 14.5 Å². The second-order valence-corrected chi connectivity index (χ2v) is 8.71. The lowest BCUT2D eigenvalue weighted by atomic mass is 9.87. The third kappa shape index (κ3) is 4.01. The second kappa shape index (κ2) is 9.04. The van der Waals surface area contributed by atoms with Crippen LogP contribution in [0.4, 0.5) is 0 Å². The topological polar surface area (TPSA) is 55.2 Å². The zero-order valence-corrected chi connectivity index (χ0v) is 18.3. The molecule has 0 saturated heterocycles. The summed E-state index contributed by atoms with van der Waals surface area (Å²) in [5.41, 5.74) is 3.25. The number of carbonyl (C=O) groups is 1. The van der Waals surface area contributed by atoms with Crippen LogP contribution in [0.5, 0.6) is 0 Å². The molecule has 1 amide bonds. The van der Waals surface area contributed by atoms with Crippen LogP contribution in [0, 0.1) is 0 Å². The molecule has 0 aliphatic heterocycles. The van der Waals surface area contributed by atoms with E-state index in [1.165, 1.54) is 22.9 Å². The van der Waals surface area contributed by atoms with E-state index in [1.807, 2.05) is 49.2 Å². The number of benzene rings is 2. The average Bonchev–Trinajstić information content (AvgIpc) is 2.78. The Morgan fingerprint density at radius 1 is 1.20 bits per heavy atom. The smallest absolute Gasteiger partial charge is 0.262 e. The minimum absolute atomic E-state index is 0.0352. The fraction of sp³-hybridized carbons (Fsp3) is 0.375. The number of aryl methyl sites for hydroxylation is 1. The van der Waals surface area contributed by atoms with Crippen molar-refractivity contribution in [1.29, 1.82) is 0 Å². The van der Waals surface area contributed by atoms with Gasteiger partial charge in [0.25, 0.3) is 5.56 Å². The zero-order chi connectivity index (χ0) is 21.1. The molecule has 6 heteroatoms. The molecule has 1 atom stereocenters. The molecule has 5 nitrogen and oxygen atoms in total. The number of rotatable bonds is 6. The van der Waals surface area contributed by atoms with E-state index < -0.39 is 0 Å². The molecule has 0 radical (unpaired) electrons. The third-order valence-corrected chi connectivity index (χ3v) is 6.76. The zero-order valence-electron chi connectivity index (χ0n) is 17.5. The fourth-order valence-electron chi connectivity index (χ4n) is 4.21. The van der Waals surface area contributed by atoms with Crippen LogP contribution in [-0.2, 0) is 17.8 Å². The highest BCUT2D eigenvalue weighted by Gasteiger charge is 2.26. The fourth-order valence-corrected chi connectivity index (χ4v) is 5.16. The number of hydrogen-bond acceptors (Lipinski definition) is 4. The van der Waals surface area contributed by atoms with Gasteiger partial charge in [0, 0.05) is 13.6 Å². The van der Waals surface area contributed by atoms with E-state index >= 15 is 0 Å². The Bertz CT molecular complexity index is 1120. The van der Waals surface area contributed by atoms with Crippen molar-refractivity contribution in [3.63, 3.8) is 0 Å². The predicted octanol–water partition coefficient (Wildman–Crippen LogP) is 4.43. The van der Waals surface area contributed by atoms with Crippen LogP contribution < -0.4 is 5.56 Å². The van der Waals surface area contributed by atoms with Gasteiger partial charge in [0.1, 0.15) is 0 Å². The van der Waals surface area contributed by atoms with E-state index in [0.717, 1.165) is 25.7 Å². The van der Waals surface area contributed by atoms with Gasteiger partial charge in [-0.2, -0.15) is 0 Å². The van der Waals surface area contributed by atoms with Crippen LogP contribution in [-0.4, -0.2) is 33.2 Å². The Morgan fingerprint density at radius 3 is 2.80 bits per heavy atom. The Labute approximate surface area is 181 Å². The third-order valence-electron chi connectivity index (χ3n) is 5.80. The highest BCUT2D eigenvalue weighted by atomic mass is 32.2. The Kier molecular flexibility index (Phi) is 6.23. The number of thioether (sulfide) groups is 1. The summed E-state index contributed by atoms with van der Waals surface area (Å²) in [5, 5.41) is 1.24. The van der Waals surface area contributed by atoms with Crippen molar-refractivity contribution in [3.05, 3.63) is 70.0 Å². The molecule has 2 aromatic carbocycles. The molecule has 30 heavy (non-hydrogen) atoms. The first-order chi connectivity index (χ1) is 14.6. The summed E-state index contributed by atoms with van der Waals surface area (Å²) >= 11 is 1.36. The Balaban J connectivity index is 1.55. The lowest BCUT2D eigenvalue weighted by Crippen LogP contribution is -2.34. The van der Waals surface area contributed by atoms with E-state index in [1.54, 1.807) is 4.57 Å². The molecule has 0 fully saturated rings. The number of amides is 1. The second-order valence-electron chi connectivity index (χ2n) is 7.77. The number of nitrogens with zero attached hydrogens (tertiary/aromatic N) is 3. The molecule has 4 rings (SSSR count). The predicted molar refractivity (Wildman–Crippen MR) is 122 cm³/mol. The molecule has 1 heterocycles. The lowest BCUT2D eigenvalue weighted by Gasteiger charge is -2.33. The first-order valence-corrected chi connectivity index (χ1v) is 11.5. The van der Waals surface area contributed by atoms with Crippen LogP contribution in [0.1, 0.15) is 43.4 Å². The van der Waals surface area contributed by atoms with Gasteiger partial charge in [-0.15, -0.1) is 0 Å². The van der Waals surface area contributed by atoms with Crippen LogP contribution in [0.15, 0.2) is 58.5 Å². The van der Waals surface area contributed by atoms with E-state index in [2.05, 4.69) is 23.2 Å². The van der Waals surface area contributed by atoms with Crippen LogP contribution in [0.25, 0.3) is 10.9 Å². The summed E-state index contributed by atoms with van der Waals surface area (Å²) in [5.74, 6) is 0.330. The Morgan fingerprint density at radius 2 is 1.97 bits per heavy atom. The molecular weight excluding hydrogens is 394 g/mol. The minimum atomic E-state index is -0.0352. The standard InChI is InChI=1S/C24H27N3O2S/c1-3-15-27-23(29)19-12-6-7-13-20(19)25-24(27)30-16-22(28)26(2)21-14-8-10-17-9-4-5-11-18(17)21/h4-7,9,11-13,21H,3,8,10,14-16H2,1-2H3. The van der Waals surface area contributed by atoms with Crippen molar-refractivity contribution in [3.8, 4) is 0 Å². The Hall–Kier alpha value is -2.60. The maximum Gasteiger partial charge on any atom is 0.262 e. The molecular formula is C24H27N3O2S. The quantitative estimate of drug-likeness (QED) is 0.436. The van der Waals surface area contributed by atoms with Crippen molar-refractivity contribution in [2.24, 2.45) is 0 Å². The molecule has 1 aliphatic carbocycles. The highest BCUT2D eigenvalue weighted by Crippen LogP contribution is 2.34. The molecule has 156 valence electrons. The monoisotopic (exact) mass is 421 g/mol. The largest absolute Gasteiger partial charge is 0.338 e. The van der Waals surface area contributed by atoms with Crippen molar-refractivity contribution in [2.75, 3.05) is 12.8 Å². The number of carbonyl (C=O) groups excluding carboxylic acids is 1. The molecule has 0 spiro atoms. The molecule has 0 N–H and O–H groups in total. The van der Waals surface area contributed by atoms with Gasteiger partial charge in [-0.05, 0) is 48.9 Å². The summed E-state index contributed by atoms with van der Waals surface area (Å²) < 4.78 is 1.70. The lowest BCUT2D eigenvalue weighted by molar-refractivity contribution is -0.129. The summed E-state index contributed by atoms with van der Waals surface area (Å²) in [6, 6.07) is 15.9. The molecule has 3 aromatic rings. The normalized spacial score (nSPS) is 15.7. The summed E-state index contributed by atoms with van der Waals surface area (Å²) in [7, 11) is 1.89. The summed E-state index contributed by atoms with van der Waals surface area (Å²) in [4.78, 5) is 32.5. The van der Waals surface area contributed by atoms with E-state index in [9.17, 15) is 9.59 Å². The van der Waals surface area contributed by atoms with E-state index in [4.69, 9.17) is 0 Å². The van der Waals surface area contributed by atoms with Gasteiger partial charge < -0.3 is 4.90 Å². The molecule has 1 unspecified atom stereocenters. The van der Waals surface area contributed by atoms with Crippen molar-refractivity contribution >= 4 is 28.6 Å². The summed E-state index contributed by atoms with van der Waals surface area (Å²) in [6.07, 6.45) is 3.99. The number of fused-ring (bicyclic) bond motifs is 2. The van der Waals surface area contributed by atoms with Gasteiger partial charge in [0.15, 0.2) is 5.16 Å². The number of para-hydroxylation sites is 1. The first kappa shape index (κ1) is 20.7. The molecule has 1 aliphatic rings. The van der Waals surface area contributed by atoms with Gasteiger partial charge in [-0.1, -0.05) is 55.1 Å². The number of aromatic nitrogens is 2. The van der Waals surface area contributed by atoms with Gasteiger partial charge in [-0.25, -0.2) is 4.98 Å².